The number of aromatic nitrogens is 3. The molecule has 1 aliphatic rings. The van der Waals surface area contributed by atoms with Gasteiger partial charge in [0.1, 0.15) is 0 Å². The lowest BCUT2D eigenvalue weighted by Gasteiger charge is -2.15. The van der Waals surface area contributed by atoms with Gasteiger partial charge in [-0.25, -0.2) is 9.97 Å². The van der Waals surface area contributed by atoms with Crippen LogP contribution in [0.15, 0.2) is 79.0 Å². The first-order valence-electron chi connectivity index (χ1n) is 10.9. The van der Waals surface area contributed by atoms with Gasteiger partial charge in [-0.15, -0.1) is 0 Å². The smallest absolute Gasteiger partial charge is 0.255 e. The van der Waals surface area contributed by atoms with Gasteiger partial charge >= 0.3 is 0 Å². The summed E-state index contributed by atoms with van der Waals surface area (Å²) in [4.78, 5) is 28.4. The van der Waals surface area contributed by atoms with Crippen molar-refractivity contribution in [2.75, 3.05) is 12.3 Å². The maximum Gasteiger partial charge on any atom is 0.255 e. The molecular formula is C27H21N5O. The van der Waals surface area contributed by atoms with Crippen molar-refractivity contribution in [3.63, 3.8) is 0 Å². The van der Waals surface area contributed by atoms with Crippen LogP contribution in [-0.4, -0.2) is 32.3 Å². The predicted molar refractivity (Wildman–Crippen MR) is 130 cm³/mol. The highest BCUT2D eigenvalue weighted by atomic mass is 16.2. The number of para-hydroxylation sites is 1. The van der Waals surface area contributed by atoms with Crippen LogP contribution in [-0.2, 0) is 13.0 Å². The highest BCUT2D eigenvalue weighted by molar-refractivity contribution is 6.05. The second-order valence-electron chi connectivity index (χ2n) is 8.31. The Kier molecular flexibility index (Phi) is 4.50. The van der Waals surface area contributed by atoms with Crippen LogP contribution in [0.2, 0.25) is 0 Å². The molecule has 1 amide bonds. The summed E-state index contributed by atoms with van der Waals surface area (Å²) in [7, 11) is 0. The second-order valence-corrected chi connectivity index (χ2v) is 8.31. The van der Waals surface area contributed by atoms with Gasteiger partial charge in [-0.1, -0.05) is 48.5 Å². The molecule has 6 rings (SSSR count). The molecule has 6 heteroatoms. The minimum atomic E-state index is 0.0649. The fourth-order valence-corrected chi connectivity index (χ4v) is 4.55. The Morgan fingerprint density at radius 2 is 1.76 bits per heavy atom. The van der Waals surface area contributed by atoms with Crippen LogP contribution in [0.25, 0.3) is 32.9 Å². The van der Waals surface area contributed by atoms with Crippen molar-refractivity contribution in [2.45, 2.75) is 13.0 Å². The number of rotatable bonds is 4. The van der Waals surface area contributed by atoms with Gasteiger partial charge in [-0.2, -0.15) is 0 Å². The fourth-order valence-electron chi connectivity index (χ4n) is 4.55. The quantitative estimate of drug-likeness (QED) is 0.449. The summed E-state index contributed by atoms with van der Waals surface area (Å²) in [6.45, 7) is 1.24. The highest BCUT2D eigenvalue weighted by Crippen LogP contribution is 2.34. The van der Waals surface area contributed by atoms with Gasteiger partial charge in [0.25, 0.3) is 5.91 Å². The molecule has 0 bridgehead atoms. The number of amides is 1. The molecule has 3 aromatic carbocycles. The first kappa shape index (κ1) is 19.4. The number of anilines is 1. The Morgan fingerprint density at radius 3 is 2.70 bits per heavy atom. The summed E-state index contributed by atoms with van der Waals surface area (Å²) < 4.78 is 0. The minimum absolute atomic E-state index is 0.0649. The minimum Gasteiger partial charge on any atom is -0.368 e. The largest absolute Gasteiger partial charge is 0.368 e. The van der Waals surface area contributed by atoms with Crippen molar-refractivity contribution in [3.05, 3.63) is 95.8 Å². The standard InChI is InChI=1S/C27H21N5O/c28-27-29-15-20-14-18(9-11-24(20)31-27)22-6-3-5-19-16-32(26(33)25(19)22)13-12-21-10-8-17-4-1-2-7-23(17)30-21/h1-11,14-15H,12-13,16H2,(H2,28,29,31). The molecule has 0 fully saturated rings. The molecule has 0 aliphatic carbocycles. The molecule has 1 aliphatic heterocycles. The number of benzene rings is 3. The van der Waals surface area contributed by atoms with Crippen molar-refractivity contribution in [3.8, 4) is 11.1 Å². The Morgan fingerprint density at radius 1 is 0.879 bits per heavy atom. The number of carbonyl (C=O) groups excluding carboxylic acids is 1. The van der Waals surface area contributed by atoms with E-state index in [9.17, 15) is 4.79 Å². The molecule has 2 aromatic heterocycles. The van der Waals surface area contributed by atoms with E-state index in [0.29, 0.717) is 19.5 Å². The molecule has 33 heavy (non-hydrogen) atoms. The molecule has 0 atom stereocenters. The molecule has 5 aromatic rings. The molecule has 0 saturated heterocycles. The van der Waals surface area contributed by atoms with E-state index in [1.165, 1.54) is 0 Å². The topological polar surface area (TPSA) is 85.0 Å². The summed E-state index contributed by atoms with van der Waals surface area (Å²) in [5.74, 6) is 0.317. The predicted octanol–water partition coefficient (Wildman–Crippen LogP) is 4.63. The number of pyridine rings is 1. The lowest BCUT2D eigenvalue weighted by molar-refractivity contribution is 0.0780. The van der Waals surface area contributed by atoms with Gasteiger partial charge in [0.2, 0.25) is 5.95 Å². The van der Waals surface area contributed by atoms with Crippen LogP contribution in [0, 0.1) is 0 Å². The Balaban J connectivity index is 1.27. The Bertz CT molecular complexity index is 1540. The third-order valence-electron chi connectivity index (χ3n) is 6.22. The molecule has 6 nitrogen and oxygen atoms in total. The van der Waals surface area contributed by atoms with Gasteiger partial charge in [0.05, 0.1) is 16.6 Å². The van der Waals surface area contributed by atoms with E-state index in [2.05, 4.69) is 22.1 Å². The van der Waals surface area contributed by atoms with Crippen molar-refractivity contribution >= 4 is 33.7 Å². The molecule has 2 N–H and O–H groups in total. The van der Waals surface area contributed by atoms with E-state index >= 15 is 0 Å². The molecule has 0 unspecified atom stereocenters. The van der Waals surface area contributed by atoms with Crippen LogP contribution in [0.4, 0.5) is 5.95 Å². The number of hydrogen-bond acceptors (Lipinski definition) is 5. The maximum absolute atomic E-state index is 13.4. The Hall–Kier alpha value is -4.32. The number of nitrogen functional groups attached to an aromatic ring is 1. The average molecular weight is 431 g/mol. The summed E-state index contributed by atoms with van der Waals surface area (Å²) in [6, 6.07) is 24.2. The fraction of sp³-hybridized carbons (Fsp3) is 0.111. The van der Waals surface area contributed by atoms with Crippen LogP contribution in [0.1, 0.15) is 21.6 Å². The monoisotopic (exact) mass is 431 g/mol. The van der Waals surface area contributed by atoms with E-state index in [1.807, 2.05) is 65.6 Å². The number of nitrogens with two attached hydrogens (primary N) is 1. The summed E-state index contributed by atoms with van der Waals surface area (Å²) in [5, 5.41) is 2.02. The van der Waals surface area contributed by atoms with E-state index in [1.54, 1.807) is 6.20 Å². The van der Waals surface area contributed by atoms with Gasteiger partial charge in [0, 0.05) is 42.2 Å². The SMILES string of the molecule is Nc1ncc2cc(-c3cccc4c3C(=O)N(CCc3ccc5ccccc5n3)C4)ccc2n1. The van der Waals surface area contributed by atoms with Gasteiger partial charge < -0.3 is 10.6 Å². The number of fused-ring (bicyclic) bond motifs is 3. The van der Waals surface area contributed by atoms with Crippen molar-refractivity contribution < 1.29 is 4.79 Å². The number of hydrogen-bond donors (Lipinski definition) is 1. The maximum atomic E-state index is 13.4. The van der Waals surface area contributed by atoms with E-state index in [0.717, 1.165) is 49.8 Å². The van der Waals surface area contributed by atoms with Crippen LogP contribution in [0.5, 0.6) is 0 Å². The van der Waals surface area contributed by atoms with Crippen molar-refractivity contribution in [2.24, 2.45) is 0 Å². The van der Waals surface area contributed by atoms with Crippen molar-refractivity contribution in [1.82, 2.24) is 19.9 Å². The zero-order chi connectivity index (χ0) is 22.4. The van der Waals surface area contributed by atoms with Crippen molar-refractivity contribution in [1.29, 1.82) is 0 Å². The summed E-state index contributed by atoms with van der Waals surface area (Å²) in [6.07, 6.45) is 2.43. The number of nitrogens with zero attached hydrogens (tertiary/aromatic N) is 4. The normalized spacial score (nSPS) is 13.1. The van der Waals surface area contributed by atoms with Gasteiger partial charge in [0.15, 0.2) is 0 Å². The molecule has 160 valence electrons. The lowest BCUT2D eigenvalue weighted by Crippen LogP contribution is -2.26. The van der Waals surface area contributed by atoms with Crippen LogP contribution >= 0.6 is 0 Å². The van der Waals surface area contributed by atoms with Crippen LogP contribution < -0.4 is 5.73 Å². The first-order chi connectivity index (χ1) is 16.2. The highest BCUT2D eigenvalue weighted by Gasteiger charge is 2.30. The first-order valence-corrected chi connectivity index (χ1v) is 10.9. The van der Waals surface area contributed by atoms with Gasteiger partial charge in [-0.3, -0.25) is 9.78 Å². The third kappa shape index (κ3) is 3.46. The molecule has 0 radical (unpaired) electrons. The van der Waals surface area contributed by atoms with Crippen LogP contribution in [0.3, 0.4) is 0 Å². The average Bonchev–Trinajstić information content (AvgIpc) is 3.18. The number of carbonyl (C=O) groups is 1. The summed E-state index contributed by atoms with van der Waals surface area (Å²) in [5.41, 5.74) is 12.2. The van der Waals surface area contributed by atoms with E-state index < -0.39 is 0 Å². The second kappa shape index (κ2) is 7.67. The zero-order valence-electron chi connectivity index (χ0n) is 17.9. The molecule has 3 heterocycles. The molecular weight excluding hydrogens is 410 g/mol. The van der Waals surface area contributed by atoms with Gasteiger partial charge in [-0.05, 0) is 41.0 Å². The molecule has 0 spiro atoms. The van der Waals surface area contributed by atoms with E-state index in [4.69, 9.17) is 10.7 Å². The Labute approximate surface area is 190 Å². The lowest BCUT2D eigenvalue weighted by atomic mass is 9.96. The summed E-state index contributed by atoms with van der Waals surface area (Å²) >= 11 is 0. The molecule has 0 saturated carbocycles. The zero-order valence-corrected chi connectivity index (χ0v) is 17.9. The van der Waals surface area contributed by atoms with E-state index in [-0.39, 0.29) is 11.9 Å². The third-order valence-corrected chi connectivity index (χ3v) is 6.22.